The molecule has 1 aromatic rings. The van der Waals surface area contributed by atoms with Crippen molar-refractivity contribution in [3.05, 3.63) is 23.8 Å². The molecule has 5 heteroatoms. The van der Waals surface area contributed by atoms with Crippen molar-refractivity contribution < 1.29 is 9.90 Å². The summed E-state index contributed by atoms with van der Waals surface area (Å²) in [5, 5.41) is 12.2. The minimum Gasteiger partial charge on any atom is -0.478 e. The van der Waals surface area contributed by atoms with Crippen molar-refractivity contribution in [1.29, 1.82) is 0 Å². The zero-order valence-corrected chi connectivity index (χ0v) is 11.4. The molecule has 0 heterocycles. The summed E-state index contributed by atoms with van der Waals surface area (Å²) in [5.41, 5.74) is 7.59. The molecule has 2 rings (SSSR count). The molecule has 104 valence electrons. The molecule has 19 heavy (non-hydrogen) atoms. The lowest BCUT2D eigenvalue weighted by Crippen LogP contribution is -2.54. The van der Waals surface area contributed by atoms with E-state index in [9.17, 15) is 4.79 Å². The van der Waals surface area contributed by atoms with E-state index in [0.29, 0.717) is 5.69 Å². The Balaban J connectivity index is 2.06. The molecule has 5 nitrogen and oxygen atoms in total. The van der Waals surface area contributed by atoms with Gasteiger partial charge in [-0.1, -0.05) is 0 Å². The fourth-order valence-corrected chi connectivity index (χ4v) is 2.48. The second kappa shape index (κ2) is 5.09. The molecule has 0 unspecified atom stereocenters. The summed E-state index contributed by atoms with van der Waals surface area (Å²) in [5.74, 6) is -0.956. The van der Waals surface area contributed by atoms with Gasteiger partial charge < -0.3 is 21.1 Å². The predicted octanol–water partition coefficient (Wildman–Crippen LogP) is 1.86. The van der Waals surface area contributed by atoms with Gasteiger partial charge >= 0.3 is 5.97 Å². The highest BCUT2D eigenvalue weighted by molar-refractivity contribution is 5.90. The van der Waals surface area contributed by atoms with Crippen LogP contribution in [0, 0.1) is 0 Å². The van der Waals surface area contributed by atoms with E-state index < -0.39 is 5.97 Å². The Kier molecular flexibility index (Phi) is 3.66. The molecule has 0 atom stereocenters. The van der Waals surface area contributed by atoms with Gasteiger partial charge in [-0.25, -0.2) is 4.79 Å². The number of hydrogen-bond acceptors (Lipinski definition) is 4. The van der Waals surface area contributed by atoms with E-state index in [1.165, 1.54) is 25.3 Å². The zero-order valence-electron chi connectivity index (χ0n) is 11.4. The third-order valence-corrected chi connectivity index (χ3v) is 4.14. The number of benzene rings is 1. The number of anilines is 2. The van der Waals surface area contributed by atoms with Crippen LogP contribution in [0.15, 0.2) is 18.2 Å². The molecule has 1 aliphatic rings. The minimum absolute atomic E-state index is 0.206. The average molecular weight is 263 g/mol. The molecule has 0 aliphatic heterocycles. The van der Waals surface area contributed by atoms with Crippen LogP contribution in [-0.2, 0) is 0 Å². The first-order chi connectivity index (χ1) is 8.94. The first-order valence-corrected chi connectivity index (χ1v) is 6.49. The monoisotopic (exact) mass is 263 g/mol. The van der Waals surface area contributed by atoms with Gasteiger partial charge in [-0.2, -0.15) is 0 Å². The van der Waals surface area contributed by atoms with Crippen molar-refractivity contribution in [3.63, 3.8) is 0 Å². The van der Waals surface area contributed by atoms with E-state index >= 15 is 0 Å². The Labute approximate surface area is 113 Å². The molecule has 0 saturated heterocycles. The van der Waals surface area contributed by atoms with Gasteiger partial charge in [0.25, 0.3) is 0 Å². The lowest BCUT2D eigenvalue weighted by atomic mass is 9.75. The number of rotatable bonds is 5. The van der Waals surface area contributed by atoms with Crippen LogP contribution in [0.2, 0.25) is 0 Å². The van der Waals surface area contributed by atoms with Gasteiger partial charge in [0.1, 0.15) is 0 Å². The topological polar surface area (TPSA) is 78.6 Å². The Morgan fingerprint density at radius 2 is 2.16 bits per heavy atom. The van der Waals surface area contributed by atoms with Crippen LogP contribution in [-0.4, -0.2) is 42.2 Å². The standard InChI is InChI=1S/C14H21N3O2/c1-17(2)14(6-3-7-14)9-16-12-5-4-10(13(18)19)8-11(12)15/h4-5,8,16H,3,6-7,9,15H2,1-2H3,(H,18,19). The van der Waals surface area contributed by atoms with Gasteiger partial charge in [0.05, 0.1) is 16.9 Å². The van der Waals surface area contributed by atoms with Crippen LogP contribution in [0.5, 0.6) is 0 Å². The number of likely N-dealkylation sites (N-methyl/N-ethyl adjacent to an activating group) is 1. The maximum Gasteiger partial charge on any atom is 0.335 e. The zero-order chi connectivity index (χ0) is 14.0. The molecule has 1 aliphatic carbocycles. The highest BCUT2D eigenvalue weighted by Crippen LogP contribution is 2.36. The first kappa shape index (κ1) is 13.7. The van der Waals surface area contributed by atoms with Gasteiger partial charge in [-0.15, -0.1) is 0 Å². The fraction of sp³-hybridized carbons (Fsp3) is 0.500. The first-order valence-electron chi connectivity index (χ1n) is 6.49. The van der Waals surface area contributed by atoms with E-state index in [4.69, 9.17) is 10.8 Å². The number of hydrogen-bond donors (Lipinski definition) is 3. The van der Waals surface area contributed by atoms with Gasteiger partial charge in [0.2, 0.25) is 0 Å². The van der Waals surface area contributed by atoms with Crippen LogP contribution in [0.25, 0.3) is 0 Å². The summed E-state index contributed by atoms with van der Waals surface area (Å²) in [6, 6.07) is 4.80. The Bertz CT molecular complexity index is 482. The molecule has 0 bridgehead atoms. The van der Waals surface area contributed by atoms with Crippen LogP contribution >= 0.6 is 0 Å². The number of carboxylic acid groups (broad SMARTS) is 1. The molecule has 0 aromatic heterocycles. The maximum absolute atomic E-state index is 10.8. The van der Waals surface area contributed by atoms with Crippen molar-refractivity contribution in [2.24, 2.45) is 0 Å². The van der Waals surface area contributed by atoms with Crippen molar-refractivity contribution in [1.82, 2.24) is 4.90 Å². The van der Waals surface area contributed by atoms with Crippen molar-refractivity contribution in [2.75, 3.05) is 31.7 Å². The average Bonchev–Trinajstić information content (AvgIpc) is 2.28. The van der Waals surface area contributed by atoms with Crippen LogP contribution < -0.4 is 11.1 Å². The molecule has 1 aromatic carbocycles. The smallest absolute Gasteiger partial charge is 0.335 e. The molecule has 0 spiro atoms. The van der Waals surface area contributed by atoms with Crippen molar-refractivity contribution in [2.45, 2.75) is 24.8 Å². The minimum atomic E-state index is -0.956. The fourth-order valence-electron chi connectivity index (χ4n) is 2.48. The number of carbonyl (C=O) groups is 1. The number of carboxylic acids is 1. The van der Waals surface area contributed by atoms with Crippen molar-refractivity contribution >= 4 is 17.3 Å². The lowest BCUT2D eigenvalue weighted by Gasteiger charge is -2.47. The number of nitrogens with zero attached hydrogens (tertiary/aromatic N) is 1. The SMILES string of the molecule is CN(C)C1(CNc2ccc(C(=O)O)cc2N)CCC1. The number of nitrogens with two attached hydrogens (primary N) is 1. The summed E-state index contributed by atoms with van der Waals surface area (Å²) in [4.78, 5) is 13.1. The van der Waals surface area contributed by atoms with E-state index in [1.54, 1.807) is 12.1 Å². The maximum atomic E-state index is 10.8. The molecule has 0 amide bonds. The lowest BCUT2D eigenvalue weighted by molar-refractivity contribution is 0.0696. The van der Waals surface area contributed by atoms with Gasteiger partial charge in [0.15, 0.2) is 0 Å². The predicted molar refractivity (Wildman–Crippen MR) is 76.6 cm³/mol. The molecule has 0 radical (unpaired) electrons. The summed E-state index contributed by atoms with van der Waals surface area (Å²) in [6.07, 6.45) is 3.62. The van der Waals surface area contributed by atoms with Crippen LogP contribution in [0.3, 0.4) is 0 Å². The quantitative estimate of drug-likeness (QED) is 0.707. The largest absolute Gasteiger partial charge is 0.478 e. The van der Waals surface area contributed by atoms with Crippen LogP contribution in [0.1, 0.15) is 29.6 Å². The van der Waals surface area contributed by atoms with Crippen molar-refractivity contribution in [3.8, 4) is 0 Å². The molecular weight excluding hydrogens is 242 g/mol. The number of aromatic carboxylic acids is 1. The van der Waals surface area contributed by atoms with E-state index in [2.05, 4.69) is 24.3 Å². The Hall–Kier alpha value is -1.75. The number of nitrogens with one attached hydrogen (secondary N) is 1. The Morgan fingerprint density at radius 3 is 2.58 bits per heavy atom. The van der Waals surface area contributed by atoms with E-state index in [0.717, 1.165) is 12.2 Å². The normalized spacial score (nSPS) is 17.0. The van der Waals surface area contributed by atoms with E-state index in [1.807, 2.05) is 0 Å². The second-order valence-electron chi connectivity index (χ2n) is 5.43. The van der Waals surface area contributed by atoms with Gasteiger partial charge in [-0.05, 0) is 51.6 Å². The molecular formula is C14H21N3O2. The second-order valence-corrected chi connectivity index (χ2v) is 5.43. The number of nitrogen functional groups attached to an aromatic ring is 1. The van der Waals surface area contributed by atoms with Crippen LogP contribution in [0.4, 0.5) is 11.4 Å². The molecule has 1 fully saturated rings. The van der Waals surface area contributed by atoms with Gasteiger partial charge in [0, 0.05) is 12.1 Å². The highest BCUT2D eigenvalue weighted by Gasteiger charge is 2.38. The Morgan fingerprint density at radius 1 is 1.47 bits per heavy atom. The summed E-state index contributed by atoms with van der Waals surface area (Å²) in [7, 11) is 4.19. The third-order valence-electron chi connectivity index (χ3n) is 4.14. The molecule has 1 saturated carbocycles. The highest BCUT2D eigenvalue weighted by atomic mass is 16.4. The summed E-state index contributed by atoms with van der Waals surface area (Å²) < 4.78 is 0. The summed E-state index contributed by atoms with van der Waals surface area (Å²) >= 11 is 0. The van der Waals surface area contributed by atoms with E-state index in [-0.39, 0.29) is 11.1 Å². The van der Waals surface area contributed by atoms with Gasteiger partial charge in [-0.3, -0.25) is 0 Å². The molecule has 4 N–H and O–H groups in total. The third kappa shape index (κ3) is 2.66. The summed E-state index contributed by atoms with van der Waals surface area (Å²) in [6.45, 7) is 0.830.